The number of esters is 2. The van der Waals surface area contributed by atoms with Crippen LogP contribution >= 0.6 is 0 Å². The second kappa shape index (κ2) is 33.1. The van der Waals surface area contributed by atoms with Crippen LogP contribution in [0.25, 0.3) is 0 Å². The van der Waals surface area contributed by atoms with Crippen LogP contribution in [0.2, 0.25) is 0 Å². The van der Waals surface area contributed by atoms with E-state index in [1.165, 1.54) is 32.1 Å². The SMILES string of the molecule is CC/C=C\C/C=C\C/C=C\C/C=C\CCCCCCC(=O)O[C@@H](CO)COC(=O)CCCCCCC/C=C\CCCC. The monoisotopic (exact) mass is 586 g/mol. The smallest absolute Gasteiger partial charge is 0.306 e. The molecule has 1 N–H and O–H groups in total. The average molecular weight is 587 g/mol. The van der Waals surface area contributed by atoms with Crippen LogP contribution < -0.4 is 0 Å². The highest BCUT2D eigenvalue weighted by Crippen LogP contribution is 2.10. The summed E-state index contributed by atoms with van der Waals surface area (Å²) < 4.78 is 10.5. The normalized spacial score (nSPS) is 12.9. The Morgan fingerprint density at radius 3 is 1.57 bits per heavy atom. The standard InChI is InChI=1S/C37H62O5/c1-3-5-7-9-11-13-15-16-17-18-19-20-22-24-26-28-30-32-37(40)42-35(33-38)34-41-36(39)31-29-27-25-23-21-14-12-10-8-6-4-2/h5,7,10-13,16-17,19-20,35,38H,3-4,6,8-9,14-15,18,21-34H2,1-2H3/b7-5-,12-10-,13-11-,17-16-,20-19-/t35-/m0/s1. The van der Waals surface area contributed by atoms with Gasteiger partial charge in [-0.1, -0.05) is 120 Å². The lowest BCUT2D eigenvalue weighted by molar-refractivity contribution is -0.161. The largest absolute Gasteiger partial charge is 0.462 e. The van der Waals surface area contributed by atoms with E-state index in [9.17, 15) is 14.7 Å². The molecule has 0 bridgehead atoms. The third kappa shape index (κ3) is 30.6. The molecule has 1 atom stereocenters. The molecule has 0 aliphatic heterocycles. The van der Waals surface area contributed by atoms with Gasteiger partial charge in [0.05, 0.1) is 6.61 Å². The number of aliphatic hydroxyl groups is 1. The lowest BCUT2D eigenvalue weighted by atomic mass is 10.1. The Hall–Kier alpha value is -2.40. The minimum absolute atomic E-state index is 0.0830. The molecule has 42 heavy (non-hydrogen) atoms. The van der Waals surface area contributed by atoms with E-state index >= 15 is 0 Å². The zero-order valence-corrected chi connectivity index (χ0v) is 27.0. The van der Waals surface area contributed by atoms with Gasteiger partial charge in [-0.3, -0.25) is 9.59 Å². The molecule has 5 heteroatoms. The second-order valence-electron chi connectivity index (χ2n) is 10.9. The maximum atomic E-state index is 12.1. The molecule has 0 heterocycles. The molecule has 0 fully saturated rings. The summed E-state index contributed by atoms with van der Waals surface area (Å²) in [5.41, 5.74) is 0. The molecule has 0 aromatic rings. The van der Waals surface area contributed by atoms with Crippen LogP contribution in [0, 0.1) is 0 Å². The summed E-state index contributed by atoms with van der Waals surface area (Å²) in [6.45, 7) is 3.93. The predicted octanol–water partition coefficient (Wildman–Crippen LogP) is 10.1. The molecule has 0 aromatic carbocycles. The van der Waals surface area contributed by atoms with E-state index in [1.807, 2.05) is 0 Å². The Labute approximate surface area is 258 Å². The van der Waals surface area contributed by atoms with Crippen LogP contribution in [-0.4, -0.2) is 36.4 Å². The molecule has 0 rings (SSSR count). The number of ether oxygens (including phenoxy) is 2. The first-order valence-electron chi connectivity index (χ1n) is 16.8. The summed E-state index contributed by atoms with van der Waals surface area (Å²) in [5.74, 6) is -0.638. The first kappa shape index (κ1) is 39.6. The van der Waals surface area contributed by atoms with Gasteiger partial charge in [0.1, 0.15) is 6.61 Å². The quantitative estimate of drug-likeness (QED) is 0.0536. The van der Waals surface area contributed by atoms with Gasteiger partial charge in [0, 0.05) is 12.8 Å². The van der Waals surface area contributed by atoms with Gasteiger partial charge in [-0.25, -0.2) is 0 Å². The van der Waals surface area contributed by atoms with Crippen molar-refractivity contribution in [2.75, 3.05) is 13.2 Å². The zero-order chi connectivity index (χ0) is 30.8. The first-order chi connectivity index (χ1) is 20.6. The molecule has 0 amide bonds. The van der Waals surface area contributed by atoms with E-state index < -0.39 is 6.10 Å². The molecule has 5 nitrogen and oxygen atoms in total. The summed E-state index contributed by atoms with van der Waals surface area (Å²) >= 11 is 0. The van der Waals surface area contributed by atoms with E-state index in [4.69, 9.17) is 9.47 Å². The van der Waals surface area contributed by atoms with Crippen molar-refractivity contribution in [2.24, 2.45) is 0 Å². The van der Waals surface area contributed by atoms with E-state index in [-0.39, 0.29) is 25.2 Å². The van der Waals surface area contributed by atoms with Crippen molar-refractivity contribution in [1.29, 1.82) is 0 Å². The van der Waals surface area contributed by atoms with Crippen LogP contribution in [-0.2, 0) is 19.1 Å². The summed E-state index contributed by atoms with van der Waals surface area (Å²) in [7, 11) is 0. The number of rotatable bonds is 29. The van der Waals surface area contributed by atoms with Crippen LogP contribution in [0.5, 0.6) is 0 Å². The highest BCUT2D eigenvalue weighted by atomic mass is 16.6. The Morgan fingerprint density at radius 1 is 0.571 bits per heavy atom. The maximum absolute atomic E-state index is 12.1. The molecule has 0 saturated carbocycles. The highest BCUT2D eigenvalue weighted by molar-refractivity contribution is 5.70. The molecule has 240 valence electrons. The highest BCUT2D eigenvalue weighted by Gasteiger charge is 2.16. The Balaban J connectivity index is 3.68. The van der Waals surface area contributed by atoms with Gasteiger partial charge in [-0.05, 0) is 70.6 Å². The lowest BCUT2D eigenvalue weighted by Crippen LogP contribution is -2.28. The number of allylic oxidation sites excluding steroid dienone is 10. The number of hydrogen-bond donors (Lipinski definition) is 1. The van der Waals surface area contributed by atoms with Gasteiger partial charge in [-0.2, -0.15) is 0 Å². The van der Waals surface area contributed by atoms with Crippen molar-refractivity contribution in [1.82, 2.24) is 0 Å². The molecule has 0 aliphatic carbocycles. The van der Waals surface area contributed by atoms with Crippen molar-refractivity contribution in [3.8, 4) is 0 Å². The molecule has 0 aliphatic rings. The fourth-order valence-electron chi connectivity index (χ4n) is 4.23. The fraction of sp³-hybridized carbons (Fsp3) is 0.676. The van der Waals surface area contributed by atoms with Gasteiger partial charge in [-0.15, -0.1) is 0 Å². The van der Waals surface area contributed by atoms with Crippen LogP contribution in [0.4, 0.5) is 0 Å². The molecule has 0 radical (unpaired) electrons. The number of carbonyl (C=O) groups is 2. The third-order valence-electron chi connectivity index (χ3n) is 6.80. The zero-order valence-electron chi connectivity index (χ0n) is 27.0. The Morgan fingerprint density at radius 2 is 1.02 bits per heavy atom. The van der Waals surface area contributed by atoms with E-state index in [1.54, 1.807) is 0 Å². The van der Waals surface area contributed by atoms with Gasteiger partial charge >= 0.3 is 11.9 Å². The molecular weight excluding hydrogens is 524 g/mol. The minimum Gasteiger partial charge on any atom is -0.462 e. The number of carbonyl (C=O) groups excluding carboxylic acids is 2. The number of unbranched alkanes of at least 4 members (excludes halogenated alkanes) is 11. The van der Waals surface area contributed by atoms with E-state index in [0.29, 0.717) is 12.8 Å². The first-order valence-corrected chi connectivity index (χ1v) is 16.8. The van der Waals surface area contributed by atoms with E-state index in [2.05, 4.69) is 74.6 Å². The molecule has 0 spiro atoms. The molecule has 0 saturated heterocycles. The van der Waals surface area contributed by atoms with Crippen LogP contribution in [0.15, 0.2) is 60.8 Å². The summed E-state index contributed by atoms with van der Waals surface area (Å²) in [6, 6.07) is 0. The van der Waals surface area contributed by atoms with Crippen molar-refractivity contribution >= 4 is 11.9 Å². The van der Waals surface area contributed by atoms with Gasteiger partial charge in [0.2, 0.25) is 0 Å². The molecular formula is C37H62O5. The number of hydrogen-bond acceptors (Lipinski definition) is 5. The van der Waals surface area contributed by atoms with Gasteiger partial charge in [0.25, 0.3) is 0 Å². The molecule has 0 unspecified atom stereocenters. The average Bonchev–Trinajstić information content (AvgIpc) is 2.99. The summed E-state index contributed by atoms with van der Waals surface area (Å²) in [4.78, 5) is 24.1. The third-order valence-corrected chi connectivity index (χ3v) is 6.80. The van der Waals surface area contributed by atoms with Crippen molar-refractivity contribution in [3.05, 3.63) is 60.8 Å². The lowest BCUT2D eigenvalue weighted by Gasteiger charge is -2.15. The number of aliphatic hydroxyl groups excluding tert-OH is 1. The predicted molar refractivity (Wildman–Crippen MR) is 177 cm³/mol. The minimum atomic E-state index is -0.787. The Bertz CT molecular complexity index is 762. The van der Waals surface area contributed by atoms with Gasteiger partial charge in [0.15, 0.2) is 6.10 Å². The fourth-order valence-corrected chi connectivity index (χ4v) is 4.23. The molecule has 0 aromatic heterocycles. The summed E-state index contributed by atoms with van der Waals surface area (Å²) in [6.07, 6.45) is 41.3. The maximum Gasteiger partial charge on any atom is 0.306 e. The van der Waals surface area contributed by atoms with Crippen LogP contribution in [0.1, 0.15) is 142 Å². The van der Waals surface area contributed by atoms with Crippen molar-refractivity contribution < 1.29 is 24.2 Å². The summed E-state index contributed by atoms with van der Waals surface area (Å²) in [5, 5.41) is 9.50. The van der Waals surface area contributed by atoms with Crippen LogP contribution in [0.3, 0.4) is 0 Å². The Kier molecular flexibility index (Phi) is 31.2. The topological polar surface area (TPSA) is 72.8 Å². The van der Waals surface area contributed by atoms with E-state index in [0.717, 1.165) is 83.5 Å². The second-order valence-corrected chi connectivity index (χ2v) is 10.9. The van der Waals surface area contributed by atoms with Crippen molar-refractivity contribution in [2.45, 2.75) is 148 Å². The van der Waals surface area contributed by atoms with Gasteiger partial charge < -0.3 is 14.6 Å². The van der Waals surface area contributed by atoms with Crippen molar-refractivity contribution in [3.63, 3.8) is 0 Å².